The Bertz CT molecular complexity index is 700. The predicted octanol–water partition coefficient (Wildman–Crippen LogP) is 2.90. The molecule has 1 unspecified atom stereocenters. The summed E-state index contributed by atoms with van der Waals surface area (Å²) in [5, 5.41) is 0. The van der Waals surface area contributed by atoms with Crippen molar-refractivity contribution in [1.82, 2.24) is 14.8 Å². The van der Waals surface area contributed by atoms with Gasteiger partial charge in [-0.05, 0) is 43.7 Å². The van der Waals surface area contributed by atoms with Crippen LogP contribution in [0.15, 0.2) is 47.2 Å². The van der Waals surface area contributed by atoms with Gasteiger partial charge in [0.2, 0.25) is 5.91 Å². The number of furan rings is 1. The fraction of sp³-hybridized carbons (Fsp3) is 0.368. The van der Waals surface area contributed by atoms with Crippen LogP contribution in [-0.4, -0.2) is 46.9 Å². The first-order valence-corrected chi connectivity index (χ1v) is 8.31. The first-order chi connectivity index (χ1) is 11.6. The third kappa shape index (κ3) is 3.92. The highest BCUT2D eigenvalue weighted by Crippen LogP contribution is 2.20. The monoisotopic (exact) mass is 325 g/mol. The van der Waals surface area contributed by atoms with Gasteiger partial charge < -0.3 is 9.32 Å². The lowest BCUT2D eigenvalue weighted by atomic mass is 10.1. The molecule has 126 valence electrons. The van der Waals surface area contributed by atoms with E-state index < -0.39 is 0 Å². The maximum absolute atomic E-state index is 12.3. The molecule has 0 saturated carbocycles. The summed E-state index contributed by atoms with van der Waals surface area (Å²) in [7, 11) is 0. The van der Waals surface area contributed by atoms with Gasteiger partial charge in [-0.25, -0.2) is 0 Å². The van der Waals surface area contributed by atoms with Crippen LogP contribution >= 0.6 is 0 Å². The summed E-state index contributed by atoms with van der Waals surface area (Å²) < 4.78 is 5.45. The maximum atomic E-state index is 12.3. The van der Waals surface area contributed by atoms with Crippen molar-refractivity contribution < 1.29 is 9.21 Å². The summed E-state index contributed by atoms with van der Waals surface area (Å²) in [5.41, 5.74) is 1.21. The lowest BCUT2D eigenvalue weighted by Gasteiger charge is -2.37. The van der Waals surface area contributed by atoms with Crippen LogP contribution in [-0.2, 0) is 4.79 Å². The number of hydrogen-bond donors (Lipinski definition) is 0. The predicted molar refractivity (Wildman–Crippen MR) is 93.3 cm³/mol. The zero-order chi connectivity index (χ0) is 16.9. The van der Waals surface area contributed by atoms with Crippen LogP contribution in [0.1, 0.15) is 30.0 Å². The van der Waals surface area contributed by atoms with Crippen molar-refractivity contribution in [2.24, 2.45) is 0 Å². The number of piperazine rings is 1. The summed E-state index contributed by atoms with van der Waals surface area (Å²) in [6.45, 7) is 7.30. The molecule has 1 saturated heterocycles. The van der Waals surface area contributed by atoms with Gasteiger partial charge in [0.25, 0.3) is 0 Å². The Hall–Kier alpha value is -2.40. The molecule has 1 aliphatic heterocycles. The van der Waals surface area contributed by atoms with Gasteiger partial charge in [-0.1, -0.05) is 6.07 Å². The Morgan fingerprint density at radius 1 is 1.25 bits per heavy atom. The number of rotatable bonds is 4. The van der Waals surface area contributed by atoms with Crippen LogP contribution in [0.25, 0.3) is 6.08 Å². The molecule has 0 aromatic carbocycles. The van der Waals surface area contributed by atoms with Crippen LogP contribution in [0.5, 0.6) is 0 Å². The average Bonchev–Trinajstić information content (AvgIpc) is 3.05. The third-order valence-electron chi connectivity index (χ3n) is 4.49. The molecule has 0 bridgehead atoms. The molecule has 24 heavy (non-hydrogen) atoms. The topological polar surface area (TPSA) is 49.6 Å². The number of carbonyl (C=O) groups excluding carboxylic acids is 1. The number of aryl methyl sites for hydroxylation is 1. The van der Waals surface area contributed by atoms with Crippen molar-refractivity contribution in [3.8, 4) is 0 Å². The second-order valence-corrected chi connectivity index (χ2v) is 6.11. The van der Waals surface area contributed by atoms with Crippen molar-refractivity contribution in [3.63, 3.8) is 0 Å². The molecule has 1 atom stereocenters. The molecule has 0 spiro atoms. The highest BCUT2D eigenvalue weighted by atomic mass is 16.3. The molecule has 3 heterocycles. The van der Waals surface area contributed by atoms with Crippen molar-refractivity contribution in [2.75, 3.05) is 26.2 Å². The molecule has 1 aliphatic rings. The Morgan fingerprint density at radius 3 is 2.67 bits per heavy atom. The van der Waals surface area contributed by atoms with Crippen molar-refractivity contribution in [3.05, 3.63) is 59.8 Å². The summed E-state index contributed by atoms with van der Waals surface area (Å²) in [4.78, 5) is 20.8. The largest absolute Gasteiger partial charge is 0.462 e. The number of hydrogen-bond acceptors (Lipinski definition) is 4. The Kier molecular flexibility index (Phi) is 5.11. The van der Waals surface area contributed by atoms with Crippen LogP contribution in [0.3, 0.4) is 0 Å². The molecule has 5 nitrogen and oxygen atoms in total. The lowest BCUT2D eigenvalue weighted by Crippen LogP contribution is -2.48. The minimum atomic E-state index is 0.0396. The highest BCUT2D eigenvalue weighted by molar-refractivity contribution is 5.91. The highest BCUT2D eigenvalue weighted by Gasteiger charge is 2.23. The lowest BCUT2D eigenvalue weighted by molar-refractivity contribution is -0.127. The molecule has 5 heteroatoms. The molecular formula is C19H23N3O2. The summed E-state index contributed by atoms with van der Waals surface area (Å²) in [6, 6.07) is 8.14. The van der Waals surface area contributed by atoms with Crippen molar-refractivity contribution in [1.29, 1.82) is 0 Å². The fourth-order valence-corrected chi connectivity index (χ4v) is 2.97. The van der Waals surface area contributed by atoms with E-state index in [-0.39, 0.29) is 5.91 Å². The normalized spacial score (nSPS) is 17.3. The van der Waals surface area contributed by atoms with E-state index in [1.54, 1.807) is 18.3 Å². The Labute approximate surface area is 142 Å². The SMILES string of the molecule is Cc1ccc(/C=C/C(=O)N2CCN(C(C)c3cccnc3)CC2)o1. The molecule has 2 aromatic rings. The van der Waals surface area contributed by atoms with E-state index in [0.29, 0.717) is 11.8 Å². The number of aromatic nitrogens is 1. The standard InChI is InChI=1S/C19H23N3O2/c1-15-5-6-18(24-15)7-8-19(23)22-12-10-21(11-13-22)16(2)17-4-3-9-20-14-17/h3-9,14,16H,10-13H2,1-2H3/b8-7+. The Balaban J connectivity index is 1.53. The van der Waals surface area contributed by atoms with Gasteiger partial charge in [0.05, 0.1) is 0 Å². The van der Waals surface area contributed by atoms with Crippen molar-refractivity contribution >= 4 is 12.0 Å². The van der Waals surface area contributed by atoms with E-state index in [1.165, 1.54) is 5.56 Å². The van der Waals surface area contributed by atoms with Gasteiger partial charge in [0.1, 0.15) is 11.5 Å². The van der Waals surface area contributed by atoms with Crippen LogP contribution in [0, 0.1) is 6.92 Å². The first-order valence-electron chi connectivity index (χ1n) is 8.31. The number of pyridine rings is 1. The first kappa shape index (κ1) is 16.5. The van der Waals surface area contributed by atoms with E-state index in [2.05, 4.69) is 22.9 Å². The molecule has 0 aliphatic carbocycles. The number of amides is 1. The summed E-state index contributed by atoms with van der Waals surface area (Å²) in [6.07, 6.45) is 7.04. The zero-order valence-electron chi connectivity index (χ0n) is 14.2. The van der Waals surface area contributed by atoms with E-state index in [4.69, 9.17) is 4.42 Å². The number of nitrogens with zero attached hydrogens (tertiary/aromatic N) is 3. The molecule has 1 amide bonds. The van der Waals surface area contributed by atoms with Gasteiger partial charge >= 0.3 is 0 Å². The average molecular weight is 325 g/mol. The van der Waals surface area contributed by atoms with E-state index >= 15 is 0 Å². The molecule has 0 radical (unpaired) electrons. The van der Waals surface area contributed by atoms with Crippen LogP contribution in [0.4, 0.5) is 0 Å². The van der Waals surface area contributed by atoms with Crippen LogP contribution in [0.2, 0.25) is 0 Å². The minimum Gasteiger partial charge on any atom is -0.462 e. The third-order valence-corrected chi connectivity index (χ3v) is 4.49. The summed E-state index contributed by atoms with van der Waals surface area (Å²) in [5.74, 6) is 1.60. The van der Waals surface area contributed by atoms with Gasteiger partial charge in [-0.15, -0.1) is 0 Å². The number of carbonyl (C=O) groups is 1. The quantitative estimate of drug-likeness (QED) is 0.811. The second kappa shape index (κ2) is 7.45. The second-order valence-electron chi connectivity index (χ2n) is 6.11. The van der Waals surface area contributed by atoms with E-state index in [9.17, 15) is 4.79 Å². The smallest absolute Gasteiger partial charge is 0.246 e. The van der Waals surface area contributed by atoms with Gasteiger partial charge in [-0.3, -0.25) is 14.7 Å². The molecule has 3 rings (SSSR count). The molecule has 2 aromatic heterocycles. The van der Waals surface area contributed by atoms with Gasteiger partial charge in [0, 0.05) is 50.7 Å². The Morgan fingerprint density at radius 2 is 2.04 bits per heavy atom. The van der Waals surface area contributed by atoms with Crippen LogP contribution < -0.4 is 0 Å². The van der Waals surface area contributed by atoms with E-state index in [0.717, 1.165) is 31.9 Å². The van der Waals surface area contributed by atoms with Gasteiger partial charge in [0.15, 0.2) is 0 Å². The zero-order valence-corrected chi connectivity index (χ0v) is 14.2. The maximum Gasteiger partial charge on any atom is 0.246 e. The molecular weight excluding hydrogens is 302 g/mol. The van der Waals surface area contributed by atoms with Crippen molar-refractivity contribution in [2.45, 2.75) is 19.9 Å². The fourth-order valence-electron chi connectivity index (χ4n) is 2.97. The molecule has 1 fully saturated rings. The molecule has 0 N–H and O–H groups in total. The van der Waals surface area contributed by atoms with Gasteiger partial charge in [-0.2, -0.15) is 0 Å². The minimum absolute atomic E-state index is 0.0396. The van der Waals surface area contributed by atoms with E-state index in [1.807, 2.05) is 36.2 Å². The summed E-state index contributed by atoms with van der Waals surface area (Å²) >= 11 is 0.